The fourth-order valence-electron chi connectivity index (χ4n) is 1.87. The van der Waals surface area contributed by atoms with Gasteiger partial charge in [-0.15, -0.1) is 0 Å². The van der Waals surface area contributed by atoms with Gasteiger partial charge in [0, 0.05) is 6.20 Å². The molecule has 21 heavy (non-hydrogen) atoms. The lowest BCUT2D eigenvalue weighted by atomic mass is 9.77. The van der Waals surface area contributed by atoms with Gasteiger partial charge < -0.3 is 14.8 Å². The lowest BCUT2D eigenvalue weighted by Crippen LogP contribution is -2.33. The zero-order valence-electron chi connectivity index (χ0n) is 11.0. The maximum absolute atomic E-state index is 12.5. The van der Waals surface area contributed by atoms with Crippen molar-refractivity contribution in [1.29, 1.82) is 0 Å². The van der Waals surface area contributed by atoms with Crippen molar-refractivity contribution >= 4 is 12.6 Å². The summed E-state index contributed by atoms with van der Waals surface area (Å²) in [5.41, 5.74) is -0.280. The van der Waals surface area contributed by atoms with Gasteiger partial charge in [0.05, 0.1) is 25.4 Å². The zero-order chi connectivity index (χ0) is 15.6. The quantitative estimate of drug-likeness (QED) is 0.813. The molecule has 0 saturated heterocycles. The topological polar surface area (TPSA) is 67.5 Å². The van der Waals surface area contributed by atoms with Crippen LogP contribution >= 0.6 is 0 Å². The van der Waals surface area contributed by atoms with Gasteiger partial charge in [-0.25, -0.2) is 0 Å². The van der Waals surface area contributed by atoms with E-state index in [1.54, 1.807) is 0 Å². The number of aromatic nitrogens is 2. The highest BCUT2D eigenvalue weighted by Gasteiger charge is 2.32. The van der Waals surface area contributed by atoms with Crippen LogP contribution in [0.15, 0.2) is 30.6 Å². The van der Waals surface area contributed by atoms with Crippen molar-refractivity contribution < 1.29 is 28.0 Å². The second kappa shape index (κ2) is 5.78. The number of halogens is 3. The van der Waals surface area contributed by atoms with Crippen molar-refractivity contribution in [3.8, 4) is 5.75 Å². The Hall–Kier alpha value is -2.00. The first-order chi connectivity index (χ1) is 9.81. The van der Waals surface area contributed by atoms with Gasteiger partial charge in [0.25, 0.3) is 0 Å². The summed E-state index contributed by atoms with van der Waals surface area (Å²) in [4.78, 5) is 0. The number of alkyl halides is 3. The van der Waals surface area contributed by atoms with Gasteiger partial charge >= 0.3 is 13.3 Å². The summed E-state index contributed by atoms with van der Waals surface area (Å²) >= 11 is 0. The van der Waals surface area contributed by atoms with Crippen molar-refractivity contribution in [2.45, 2.75) is 12.7 Å². The Morgan fingerprint density at radius 2 is 2.05 bits per heavy atom. The molecule has 0 bridgehead atoms. The van der Waals surface area contributed by atoms with Gasteiger partial charge in [0.1, 0.15) is 5.75 Å². The molecule has 2 rings (SSSR count). The Morgan fingerprint density at radius 3 is 2.57 bits per heavy atom. The van der Waals surface area contributed by atoms with E-state index in [1.807, 2.05) is 0 Å². The molecule has 0 spiro atoms. The molecular formula is C12H12BF3N2O3. The zero-order valence-corrected chi connectivity index (χ0v) is 11.0. The molecule has 0 amide bonds. The van der Waals surface area contributed by atoms with Crippen LogP contribution in [0.3, 0.4) is 0 Å². The van der Waals surface area contributed by atoms with Crippen molar-refractivity contribution in [2.75, 3.05) is 7.11 Å². The van der Waals surface area contributed by atoms with Gasteiger partial charge in [0.2, 0.25) is 0 Å². The maximum atomic E-state index is 12.5. The van der Waals surface area contributed by atoms with E-state index in [1.165, 1.54) is 25.3 Å². The fraction of sp³-hybridized carbons (Fsp3) is 0.250. The van der Waals surface area contributed by atoms with Crippen molar-refractivity contribution in [3.63, 3.8) is 0 Å². The summed E-state index contributed by atoms with van der Waals surface area (Å²) in [6, 6.07) is 4.49. The molecule has 0 aliphatic heterocycles. The van der Waals surface area contributed by atoms with E-state index in [2.05, 4.69) is 5.10 Å². The first-order valence-corrected chi connectivity index (χ1v) is 5.94. The Balaban J connectivity index is 2.31. The Morgan fingerprint density at radius 1 is 1.33 bits per heavy atom. The minimum Gasteiger partial charge on any atom is -0.497 e. The smallest absolute Gasteiger partial charge is 0.488 e. The first kappa shape index (κ1) is 15.4. The van der Waals surface area contributed by atoms with Crippen LogP contribution in [0.25, 0.3) is 0 Å². The average Bonchev–Trinajstić information content (AvgIpc) is 2.86. The molecule has 1 heterocycles. The molecule has 1 aromatic heterocycles. The van der Waals surface area contributed by atoms with Crippen molar-refractivity contribution in [1.82, 2.24) is 9.78 Å². The number of ether oxygens (including phenoxy) is 1. The summed E-state index contributed by atoms with van der Waals surface area (Å²) < 4.78 is 43.6. The van der Waals surface area contributed by atoms with E-state index in [9.17, 15) is 23.2 Å². The minimum atomic E-state index is -4.47. The minimum absolute atomic E-state index is 0.0414. The monoisotopic (exact) mass is 300 g/mol. The molecule has 5 nitrogen and oxygen atoms in total. The molecule has 0 aliphatic rings. The number of rotatable bonds is 4. The summed E-state index contributed by atoms with van der Waals surface area (Å²) in [7, 11) is -0.298. The molecule has 1 aromatic carbocycles. The molecule has 0 atom stereocenters. The SMILES string of the molecule is COc1ccc(B(O)O)c(Cn2cc(C(F)(F)F)cn2)c1. The second-order valence-corrected chi connectivity index (χ2v) is 4.36. The van der Waals surface area contributed by atoms with E-state index in [-0.39, 0.29) is 12.0 Å². The molecule has 2 N–H and O–H groups in total. The van der Waals surface area contributed by atoms with E-state index < -0.39 is 18.9 Å². The van der Waals surface area contributed by atoms with Crippen LogP contribution in [0, 0.1) is 0 Å². The highest BCUT2D eigenvalue weighted by Crippen LogP contribution is 2.28. The van der Waals surface area contributed by atoms with Gasteiger partial charge in [-0.1, -0.05) is 6.07 Å². The third-order valence-corrected chi connectivity index (χ3v) is 2.92. The van der Waals surface area contributed by atoms with Gasteiger partial charge in [0.15, 0.2) is 0 Å². The normalized spacial score (nSPS) is 11.5. The molecule has 0 unspecified atom stereocenters. The highest BCUT2D eigenvalue weighted by molar-refractivity contribution is 6.59. The van der Waals surface area contributed by atoms with Crippen LogP contribution < -0.4 is 10.2 Å². The number of methoxy groups -OCH3 is 1. The lowest BCUT2D eigenvalue weighted by molar-refractivity contribution is -0.137. The summed E-state index contributed by atoms with van der Waals surface area (Å²) in [5.74, 6) is 0.456. The van der Waals surface area contributed by atoms with Crippen LogP contribution in [-0.4, -0.2) is 34.1 Å². The molecular weight excluding hydrogens is 288 g/mol. The average molecular weight is 300 g/mol. The highest BCUT2D eigenvalue weighted by atomic mass is 19.4. The summed E-state index contributed by atoms with van der Waals surface area (Å²) in [6.45, 7) is -0.0414. The third kappa shape index (κ3) is 3.56. The molecule has 0 fully saturated rings. The largest absolute Gasteiger partial charge is 0.497 e. The Bertz CT molecular complexity index is 628. The molecule has 0 radical (unpaired) electrons. The van der Waals surface area contributed by atoms with E-state index in [0.29, 0.717) is 11.3 Å². The van der Waals surface area contributed by atoms with Crippen LogP contribution in [-0.2, 0) is 12.7 Å². The van der Waals surface area contributed by atoms with Crippen LogP contribution in [0.2, 0.25) is 0 Å². The van der Waals surface area contributed by atoms with Crippen LogP contribution in [0.4, 0.5) is 13.2 Å². The third-order valence-electron chi connectivity index (χ3n) is 2.92. The predicted molar refractivity (Wildman–Crippen MR) is 69.2 cm³/mol. The van der Waals surface area contributed by atoms with E-state index >= 15 is 0 Å². The van der Waals surface area contributed by atoms with E-state index in [4.69, 9.17) is 4.74 Å². The van der Waals surface area contributed by atoms with Crippen molar-refractivity contribution in [3.05, 3.63) is 41.7 Å². The number of benzene rings is 1. The van der Waals surface area contributed by atoms with Gasteiger partial charge in [-0.3, -0.25) is 4.68 Å². The standard InChI is InChI=1S/C12H12BF3N2O3/c1-21-10-2-3-11(13(19)20)8(4-10)6-18-7-9(5-17-18)12(14,15)16/h2-5,7,19-20H,6H2,1H3. The Kier molecular flexibility index (Phi) is 4.24. The summed E-state index contributed by atoms with van der Waals surface area (Å²) in [5, 5.41) is 22.2. The number of nitrogens with zero attached hydrogens (tertiary/aromatic N) is 2. The van der Waals surface area contributed by atoms with Crippen molar-refractivity contribution in [2.24, 2.45) is 0 Å². The van der Waals surface area contributed by atoms with Crippen LogP contribution in [0.5, 0.6) is 5.75 Å². The molecule has 2 aromatic rings. The fourth-order valence-corrected chi connectivity index (χ4v) is 1.87. The first-order valence-electron chi connectivity index (χ1n) is 5.94. The van der Waals surface area contributed by atoms with Crippen LogP contribution in [0.1, 0.15) is 11.1 Å². The lowest BCUT2D eigenvalue weighted by Gasteiger charge is -2.11. The number of hydrogen-bond acceptors (Lipinski definition) is 4. The molecule has 112 valence electrons. The summed E-state index contributed by atoms with van der Waals surface area (Å²) in [6.07, 6.45) is -2.89. The molecule has 0 saturated carbocycles. The molecule has 0 aliphatic carbocycles. The maximum Gasteiger partial charge on any atom is 0.488 e. The van der Waals surface area contributed by atoms with Gasteiger partial charge in [-0.05, 0) is 23.2 Å². The predicted octanol–water partition coefficient (Wildman–Crippen LogP) is 0.639. The van der Waals surface area contributed by atoms with E-state index in [0.717, 1.165) is 17.1 Å². The second-order valence-electron chi connectivity index (χ2n) is 4.36. The molecule has 9 heteroatoms. The number of hydrogen-bond donors (Lipinski definition) is 2. The Labute approximate surface area is 118 Å². The van der Waals surface area contributed by atoms with Gasteiger partial charge in [-0.2, -0.15) is 18.3 Å².